The average Bonchev–Trinajstić information content (AvgIpc) is 3.26. The van der Waals surface area contributed by atoms with Crippen LogP contribution >= 0.6 is 0 Å². The molecule has 0 aromatic heterocycles. The number of hydrogen-bond donors (Lipinski definition) is 1. The summed E-state index contributed by atoms with van der Waals surface area (Å²) >= 11 is 0. The molecule has 2 unspecified atom stereocenters. The van der Waals surface area contributed by atoms with E-state index >= 15 is 0 Å². The number of rotatable bonds is 3. The second-order valence-corrected chi connectivity index (χ2v) is 16.0. The molecular weight excluding hydrogens is 490 g/mol. The van der Waals surface area contributed by atoms with Gasteiger partial charge in [-0.2, -0.15) is 0 Å². The van der Waals surface area contributed by atoms with Gasteiger partial charge in [0.15, 0.2) is 0 Å². The molecule has 0 amide bonds. The molecule has 5 aliphatic carbocycles. The minimum absolute atomic E-state index is 0.0198. The van der Waals surface area contributed by atoms with E-state index in [2.05, 4.69) is 66.3 Å². The molecule has 5 aliphatic rings. The Morgan fingerprint density at radius 1 is 0.900 bits per heavy atom. The minimum Gasteiger partial charge on any atom is -0.465 e. The Hall–Kier alpha value is -1.87. The Balaban J connectivity index is 1.34. The second kappa shape index (κ2) is 9.06. The molecular formula is C37H53NO2. The lowest BCUT2D eigenvalue weighted by molar-refractivity contribution is -0.217. The number of nitrogens with two attached hydrogens (primary N) is 1. The van der Waals surface area contributed by atoms with E-state index < -0.39 is 0 Å². The number of ether oxygens (including phenoxy) is 1. The van der Waals surface area contributed by atoms with Crippen molar-refractivity contribution in [3.63, 3.8) is 0 Å². The quantitative estimate of drug-likeness (QED) is 0.306. The monoisotopic (exact) mass is 543 g/mol. The Labute approximate surface area is 243 Å². The molecule has 1 aromatic rings. The second-order valence-electron chi connectivity index (χ2n) is 16.0. The summed E-state index contributed by atoms with van der Waals surface area (Å²) in [6.07, 6.45) is 13.9. The van der Waals surface area contributed by atoms with Gasteiger partial charge in [0.05, 0.1) is 12.7 Å². The summed E-state index contributed by atoms with van der Waals surface area (Å²) in [4.78, 5) is 12.0. The van der Waals surface area contributed by atoms with E-state index in [0.29, 0.717) is 45.5 Å². The molecule has 0 spiro atoms. The number of fused-ring (bicyclic) bond motifs is 7. The topological polar surface area (TPSA) is 52.3 Å². The van der Waals surface area contributed by atoms with Crippen LogP contribution in [0.2, 0.25) is 0 Å². The molecule has 0 saturated heterocycles. The smallest absolute Gasteiger partial charge is 0.337 e. The van der Waals surface area contributed by atoms with Crippen molar-refractivity contribution in [1.29, 1.82) is 0 Å². The van der Waals surface area contributed by atoms with E-state index in [9.17, 15) is 4.79 Å². The number of carbonyl (C=O) groups excluding carboxylic acids is 1. The molecule has 3 nitrogen and oxygen atoms in total. The summed E-state index contributed by atoms with van der Waals surface area (Å²) in [5, 5.41) is 0. The number of esters is 1. The SMILES string of the molecule is C=C(C)[C@@H]1CC[C@]2(N)CC[C@]3(C)C(CC[C@H]4C3(C)CC[C@H]3C(C)(C)C(c5ccc(C(=O)OC)cc5)=CC[C@@]34C)[C@@H]12. The van der Waals surface area contributed by atoms with Crippen molar-refractivity contribution >= 4 is 11.5 Å². The zero-order chi connectivity index (χ0) is 28.9. The molecule has 1 aromatic carbocycles. The lowest BCUT2D eigenvalue weighted by atomic mass is 9.33. The molecule has 9 atom stereocenters. The number of allylic oxidation sites excluding steroid dienone is 3. The molecule has 4 fully saturated rings. The van der Waals surface area contributed by atoms with Crippen molar-refractivity contribution in [3.05, 3.63) is 53.6 Å². The molecule has 0 bridgehead atoms. The predicted octanol–water partition coefficient (Wildman–Crippen LogP) is 8.84. The van der Waals surface area contributed by atoms with Crippen molar-refractivity contribution in [3.8, 4) is 0 Å². The largest absolute Gasteiger partial charge is 0.465 e. The third kappa shape index (κ3) is 3.61. The standard InChI is InChI=1S/C37H53NO2/c1-23(2)26-15-20-37(38)22-21-35(6)28(31(26)37)13-14-30-34(5)18-16-27(24-9-11-25(12-10-24)32(39)40-8)33(3,4)29(34)17-19-36(30,35)7/h9-12,16,26,28-31H,1,13-15,17-22,38H2,2-8H3/t26-,28?,29-,30+,31+,34-,35+,36?,37-/m0/s1. The van der Waals surface area contributed by atoms with Gasteiger partial charge in [0.25, 0.3) is 0 Å². The fourth-order valence-electron chi connectivity index (χ4n) is 12.2. The van der Waals surface area contributed by atoms with Crippen LogP contribution in [-0.4, -0.2) is 18.6 Å². The van der Waals surface area contributed by atoms with Crippen LogP contribution in [0, 0.1) is 51.2 Å². The van der Waals surface area contributed by atoms with Crippen molar-refractivity contribution < 1.29 is 9.53 Å². The maximum atomic E-state index is 12.0. The van der Waals surface area contributed by atoms with Crippen LogP contribution in [0.5, 0.6) is 0 Å². The first-order valence-corrected chi connectivity index (χ1v) is 16.1. The van der Waals surface area contributed by atoms with Gasteiger partial charge in [-0.05, 0) is 139 Å². The van der Waals surface area contributed by atoms with Crippen LogP contribution in [0.3, 0.4) is 0 Å². The zero-order valence-corrected chi connectivity index (χ0v) is 26.2. The number of methoxy groups -OCH3 is 1. The highest BCUT2D eigenvalue weighted by Crippen LogP contribution is 2.76. The number of benzene rings is 1. The van der Waals surface area contributed by atoms with Crippen LogP contribution in [0.25, 0.3) is 5.57 Å². The van der Waals surface area contributed by atoms with Crippen molar-refractivity contribution in [1.82, 2.24) is 0 Å². The lowest BCUT2D eigenvalue weighted by Crippen LogP contribution is -2.67. The summed E-state index contributed by atoms with van der Waals surface area (Å²) < 4.78 is 4.93. The van der Waals surface area contributed by atoms with Gasteiger partial charge in [-0.15, -0.1) is 0 Å². The summed E-state index contributed by atoms with van der Waals surface area (Å²) in [6, 6.07) is 8.10. The van der Waals surface area contributed by atoms with Crippen molar-refractivity contribution in [2.75, 3.05) is 7.11 Å². The average molecular weight is 544 g/mol. The lowest BCUT2D eigenvalue weighted by Gasteiger charge is -2.72. The highest BCUT2D eigenvalue weighted by molar-refractivity contribution is 5.89. The van der Waals surface area contributed by atoms with Gasteiger partial charge >= 0.3 is 5.97 Å². The highest BCUT2D eigenvalue weighted by Gasteiger charge is 2.70. The minimum atomic E-state index is -0.270. The summed E-state index contributed by atoms with van der Waals surface area (Å²) in [5.41, 5.74) is 13.0. The van der Waals surface area contributed by atoms with Crippen LogP contribution in [0.15, 0.2) is 42.5 Å². The third-order valence-electron chi connectivity index (χ3n) is 14.3. The summed E-state index contributed by atoms with van der Waals surface area (Å²) in [6.45, 7) is 19.8. The van der Waals surface area contributed by atoms with E-state index in [1.807, 2.05) is 12.1 Å². The Bertz CT molecular complexity index is 1240. The van der Waals surface area contributed by atoms with Crippen molar-refractivity contribution in [2.45, 2.75) is 105 Å². The first-order chi connectivity index (χ1) is 18.7. The number of carbonyl (C=O) groups is 1. The Morgan fingerprint density at radius 3 is 2.25 bits per heavy atom. The van der Waals surface area contributed by atoms with Gasteiger partial charge in [0.1, 0.15) is 0 Å². The van der Waals surface area contributed by atoms with Gasteiger partial charge in [-0.1, -0.05) is 65.0 Å². The Morgan fingerprint density at radius 2 is 1.60 bits per heavy atom. The predicted molar refractivity (Wildman–Crippen MR) is 165 cm³/mol. The summed E-state index contributed by atoms with van der Waals surface area (Å²) in [7, 11) is 1.45. The molecule has 0 aliphatic heterocycles. The van der Waals surface area contributed by atoms with E-state index in [-0.39, 0.29) is 16.9 Å². The first kappa shape index (κ1) is 28.3. The van der Waals surface area contributed by atoms with Gasteiger partial charge in [-0.3, -0.25) is 0 Å². The maximum absolute atomic E-state index is 12.0. The van der Waals surface area contributed by atoms with E-state index in [4.69, 9.17) is 10.5 Å². The first-order valence-electron chi connectivity index (χ1n) is 16.1. The Kier molecular flexibility index (Phi) is 6.40. The molecule has 4 saturated carbocycles. The molecule has 0 heterocycles. The molecule has 0 radical (unpaired) electrons. The maximum Gasteiger partial charge on any atom is 0.337 e. The van der Waals surface area contributed by atoms with Gasteiger partial charge in [-0.25, -0.2) is 4.79 Å². The molecule has 218 valence electrons. The molecule has 3 heteroatoms. The van der Waals surface area contributed by atoms with E-state index in [1.165, 1.54) is 75.2 Å². The van der Waals surface area contributed by atoms with Crippen LogP contribution in [0.1, 0.15) is 115 Å². The zero-order valence-electron chi connectivity index (χ0n) is 26.2. The molecule has 2 N–H and O–H groups in total. The number of hydrogen-bond acceptors (Lipinski definition) is 3. The molecule has 40 heavy (non-hydrogen) atoms. The molecule has 6 rings (SSSR count). The van der Waals surface area contributed by atoms with Crippen LogP contribution in [0.4, 0.5) is 0 Å². The van der Waals surface area contributed by atoms with Gasteiger partial charge in [0, 0.05) is 5.54 Å². The van der Waals surface area contributed by atoms with Gasteiger partial charge in [0.2, 0.25) is 0 Å². The van der Waals surface area contributed by atoms with Crippen molar-refractivity contribution in [2.24, 2.45) is 57.0 Å². The van der Waals surface area contributed by atoms with Gasteiger partial charge < -0.3 is 10.5 Å². The summed E-state index contributed by atoms with van der Waals surface area (Å²) in [5.74, 6) is 3.03. The highest BCUT2D eigenvalue weighted by atomic mass is 16.5. The van der Waals surface area contributed by atoms with E-state index in [0.717, 1.165) is 12.3 Å². The van der Waals surface area contributed by atoms with Crippen LogP contribution in [-0.2, 0) is 4.74 Å². The fourth-order valence-corrected chi connectivity index (χ4v) is 12.2. The van der Waals surface area contributed by atoms with E-state index in [1.54, 1.807) is 0 Å². The third-order valence-corrected chi connectivity index (χ3v) is 14.3. The van der Waals surface area contributed by atoms with Crippen LogP contribution < -0.4 is 5.73 Å². The fraction of sp³-hybridized carbons (Fsp3) is 0.703. The normalized spacial score (nSPS) is 45.3.